The third-order valence-electron chi connectivity index (χ3n) is 3.11. The van der Waals surface area contributed by atoms with Crippen LogP contribution in [0, 0.1) is 5.92 Å². The van der Waals surface area contributed by atoms with E-state index in [0.29, 0.717) is 5.92 Å². The summed E-state index contributed by atoms with van der Waals surface area (Å²) < 4.78 is 0. The van der Waals surface area contributed by atoms with E-state index >= 15 is 0 Å². The Bertz CT molecular complexity index is 358. The second-order valence-electron chi connectivity index (χ2n) is 5.35. The second-order valence-corrected chi connectivity index (χ2v) is 5.35. The Balaban J connectivity index is 3.91. The topological polar surface area (TPSA) is 12.4 Å². The fourth-order valence-electron chi connectivity index (χ4n) is 1.70. The summed E-state index contributed by atoms with van der Waals surface area (Å²) in [6.07, 6.45) is 16.1. The molecule has 0 aromatic carbocycles. The zero-order chi connectivity index (χ0) is 15.2. The van der Waals surface area contributed by atoms with Gasteiger partial charge in [0, 0.05) is 18.7 Å². The van der Waals surface area contributed by atoms with E-state index in [1.807, 2.05) is 6.08 Å². The maximum atomic E-state index is 4.43. The van der Waals surface area contributed by atoms with Crippen molar-refractivity contribution in [3.8, 4) is 0 Å². The summed E-state index contributed by atoms with van der Waals surface area (Å²) in [5.74, 6) is 0.431. The van der Waals surface area contributed by atoms with Gasteiger partial charge in [0.1, 0.15) is 0 Å². The summed E-state index contributed by atoms with van der Waals surface area (Å²) in [5, 5.41) is 0. The molecule has 0 bridgehead atoms. The highest BCUT2D eigenvalue weighted by Crippen LogP contribution is 2.09. The first kappa shape index (κ1) is 18.6. The number of allylic oxidation sites excluding steroid dienone is 6. The lowest BCUT2D eigenvalue weighted by Gasteiger charge is -2.00. The highest BCUT2D eigenvalue weighted by atomic mass is 14.7. The van der Waals surface area contributed by atoms with Gasteiger partial charge in [0.2, 0.25) is 0 Å². The van der Waals surface area contributed by atoms with Crippen molar-refractivity contribution < 1.29 is 0 Å². The van der Waals surface area contributed by atoms with Gasteiger partial charge in [-0.3, -0.25) is 4.99 Å². The maximum Gasteiger partial charge on any atom is 0.0385 e. The van der Waals surface area contributed by atoms with E-state index in [1.54, 1.807) is 0 Å². The van der Waals surface area contributed by atoms with Gasteiger partial charge in [-0.25, -0.2) is 0 Å². The molecule has 20 heavy (non-hydrogen) atoms. The van der Waals surface area contributed by atoms with Crippen LogP contribution in [0.15, 0.2) is 53.6 Å². The highest BCUT2D eigenvalue weighted by Gasteiger charge is 1.92. The number of nitrogens with zero attached hydrogens (tertiary/aromatic N) is 1. The minimum absolute atomic E-state index is 0.431. The molecule has 1 nitrogen and oxygen atoms in total. The van der Waals surface area contributed by atoms with Crippen LogP contribution in [0.3, 0.4) is 0 Å². The fraction of sp³-hybridized carbons (Fsp3) is 0.526. The van der Waals surface area contributed by atoms with E-state index < -0.39 is 0 Å². The van der Waals surface area contributed by atoms with E-state index in [4.69, 9.17) is 0 Å². The average molecular weight is 273 g/mol. The zero-order valence-corrected chi connectivity index (χ0v) is 13.6. The molecule has 0 saturated heterocycles. The number of aliphatic imine (C=N–C) groups is 1. The first-order valence-electron chi connectivity index (χ1n) is 7.72. The first-order chi connectivity index (χ1) is 9.60. The molecule has 0 aliphatic carbocycles. The molecule has 0 rings (SSSR count). The van der Waals surface area contributed by atoms with Crippen molar-refractivity contribution in [1.29, 1.82) is 0 Å². The van der Waals surface area contributed by atoms with Crippen LogP contribution in [0.5, 0.6) is 0 Å². The molecule has 0 amide bonds. The number of unbranched alkanes of at least 4 members (excludes halogenated alkanes) is 1. The number of rotatable bonds is 11. The monoisotopic (exact) mass is 273 g/mol. The van der Waals surface area contributed by atoms with Gasteiger partial charge in [-0.1, -0.05) is 68.9 Å². The van der Waals surface area contributed by atoms with E-state index in [2.05, 4.69) is 63.4 Å². The van der Waals surface area contributed by atoms with E-state index in [1.165, 1.54) is 18.4 Å². The average Bonchev–Trinajstić information content (AvgIpc) is 2.43. The van der Waals surface area contributed by atoms with Crippen LogP contribution in [0.1, 0.15) is 52.9 Å². The summed E-state index contributed by atoms with van der Waals surface area (Å²) in [6, 6.07) is 0. The summed E-state index contributed by atoms with van der Waals surface area (Å²) in [4.78, 5) is 4.43. The third kappa shape index (κ3) is 11.7. The summed E-state index contributed by atoms with van der Waals surface area (Å²) in [7, 11) is 0. The molecule has 0 aliphatic heterocycles. The second kappa shape index (κ2) is 12.7. The van der Waals surface area contributed by atoms with Gasteiger partial charge in [-0.15, -0.1) is 0 Å². The van der Waals surface area contributed by atoms with Gasteiger partial charge in [-0.2, -0.15) is 0 Å². The van der Waals surface area contributed by atoms with Gasteiger partial charge in [0.15, 0.2) is 0 Å². The molecule has 0 spiro atoms. The van der Waals surface area contributed by atoms with Crippen LogP contribution in [0.2, 0.25) is 0 Å². The quantitative estimate of drug-likeness (QED) is 0.192. The van der Waals surface area contributed by atoms with Crippen molar-refractivity contribution in [2.45, 2.75) is 52.9 Å². The first-order valence-corrected chi connectivity index (χ1v) is 7.72. The van der Waals surface area contributed by atoms with Crippen LogP contribution in [0.4, 0.5) is 0 Å². The van der Waals surface area contributed by atoms with Gasteiger partial charge in [-0.05, 0) is 32.6 Å². The molecule has 0 radical (unpaired) electrons. The largest absolute Gasteiger partial charge is 0.297 e. The van der Waals surface area contributed by atoms with E-state index in [0.717, 1.165) is 31.4 Å². The molecule has 0 aromatic rings. The SMILES string of the molecule is C=CC(=C)CCC=C(C)CC=CC(C)C=NCCCC. The van der Waals surface area contributed by atoms with Crippen molar-refractivity contribution in [1.82, 2.24) is 0 Å². The van der Waals surface area contributed by atoms with E-state index in [-0.39, 0.29) is 0 Å². The smallest absolute Gasteiger partial charge is 0.0385 e. The van der Waals surface area contributed by atoms with Gasteiger partial charge < -0.3 is 0 Å². The minimum atomic E-state index is 0.431. The Morgan fingerprint density at radius 3 is 2.75 bits per heavy atom. The molecule has 0 aromatic heterocycles. The van der Waals surface area contributed by atoms with Crippen LogP contribution in [0.25, 0.3) is 0 Å². The molecule has 0 fully saturated rings. The lowest BCUT2D eigenvalue weighted by molar-refractivity contribution is 0.805. The fourth-order valence-corrected chi connectivity index (χ4v) is 1.70. The maximum absolute atomic E-state index is 4.43. The molecule has 1 heteroatoms. The van der Waals surface area contributed by atoms with Crippen LogP contribution in [-0.4, -0.2) is 12.8 Å². The van der Waals surface area contributed by atoms with Crippen LogP contribution < -0.4 is 0 Å². The normalized spacial score (nSPS) is 14.1. The zero-order valence-electron chi connectivity index (χ0n) is 13.6. The molecule has 0 aliphatic rings. The van der Waals surface area contributed by atoms with Crippen LogP contribution in [-0.2, 0) is 0 Å². The Hall–Kier alpha value is -1.37. The Morgan fingerprint density at radius 1 is 1.35 bits per heavy atom. The number of hydrogen-bond acceptors (Lipinski definition) is 1. The molecule has 112 valence electrons. The predicted molar refractivity (Wildman–Crippen MR) is 93.5 cm³/mol. The molecule has 0 saturated carbocycles. The Labute approximate surface area is 125 Å². The third-order valence-corrected chi connectivity index (χ3v) is 3.11. The molecule has 1 atom stereocenters. The summed E-state index contributed by atoms with van der Waals surface area (Å²) >= 11 is 0. The lowest BCUT2D eigenvalue weighted by atomic mass is 10.1. The number of hydrogen-bond donors (Lipinski definition) is 0. The van der Waals surface area contributed by atoms with Gasteiger partial charge in [0.25, 0.3) is 0 Å². The van der Waals surface area contributed by atoms with Crippen molar-refractivity contribution in [3.63, 3.8) is 0 Å². The minimum Gasteiger partial charge on any atom is -0.297 e. The summed E-state index contributed by atoms with van der Waals surface area (Å²) in [5.41, 5.74) is 2.52. The molecule has 0 heterocycles. The standard InChI is InChI=1S/C19H31N/c1-6-8-15-20-16-19(5)14-10-13-18(4)12-9-11-17(3)7-2/h7,10,12,14,16,19H,2-3,6,8-9,11,13,15H2,1,4-5H3. The summed E-state index contributed by atoms with van der Waals surface area (Å²) in [6.45, 7) is 15.2. The molecular weight excluding hydrogens is 242 g/mol. The molecular formula is C19H31N. The predicted octanol–water partition coefficient (Wildman–Crippen LogP) is 5.91. The van der Waals surface area contributed by atoms with Crippen LogP contribution >= 0.6 is 0 Å². The Kier molecular flexibility index (Phi) is 11.8. The Morgan fingerprint density at radius 2 is 2.10 bits per heavy atom. The lowest BCUT2D eigenvalue weighted by Crippen LogP contribution is -1.92. The molecule has 1 unspecified atom stereocenters. The van der Waals surface area contributed by atoms with Crippen molar-refractivity contribution in [2.24, 2.45) is 10.9 Å². The van der Waals surface area contributed by atoms with Crippen molar-refractivity contribution in [3.05, 3.63) is 48.6 Å². The molecule has 0 N–H and O–H groups in total. The highest BCUT2D eigenvalue weighted by molar-refractivity contribution is 5.62. The van der Waals surface area contributed by atoms with Crippen molar-refractivity contribution in [2.75, 3.05) is 6.54 Å². The van der Waals surface area contributed by atoms with Crippen molar-refractivity contribution >= 4 is 6.21 Å². The van der Waals surface area contributed by atoms with Gasteiger partial charge in [0.05, 0.1) is 0 Å². The van der Waals surface area contributed by atoms with Gasteiger partial charge >= 0.3 is 0 Å². The van der Waals surface area contributed by atoms with E-state index in [9.17, 15) is 0 Å².